The molecule has 11 nitrogen and oxygen atoms in total. The van der Waals surface area contributed by atoms with Crippen molar-refractivity contribution in [2.75, 3.05) is 32.8 Å². The van der Waals surface area contributed by atoms with E-state index in [0.29, 0.717) is 32.5 Å². The SMILES string of the molecule is CC(=O)OC(C)C=CC(=O)N[C@@H]1C[C@H](C)[C@H](CC=C(C)C=C[C@H]2O[C@H](CC(=O)N3CCNCC3)C[C@@]3(CO3)[C@@H]2O)O[C@@H]1C. The monoisotopic (exact) mass is 603 g/mol. The molecule has 0 aromatic heterocycles. The van der Waals surface area contributed by atoms with Gasteiger partial charge in [0.2, 0.25) is 11.8 Å². The number of piperazine rings is 1. The summed E-state index contributed by atoms with van der Waals surface area (Å²) in [7, 11) is 0. The lowest BCUT2D eigenvalue weighted by Crippen LogP contribution is -2.52. The number of aliphatic hydroxyl groups is 1. The van der Waals surface area contributed by atoms with Gasteiger partial charge in [-0.1, -0.05) is 30.7 Å². The van der Waals surface area contributed by atoms with Crippen LogP contribution in [0.25, 0.3) is 0 Å². The molecule has 9 atom stereocenters. The van der Waals surface area contributed by atoms with E-state index in [1.807, 2.05) is 30.9 Å². The summed E-state index contributed by atoms with van der Waals surface area (Å²) in [5.41, 5.74) is 0.398. The van der Waals surface area contributed by atoms with Crippen molar-refractivity contribution < 1.29 is 38.4 Å². The van der Waals surface area contributed by atoms with E-state index >= 15 is 0 Å². The van der Waals surface area contributed by atoms with E-state index in [1.165, 1.54) is 13.0 Å². The Morgan fingerprint density at radius 2 is 1.88 bits per heavy atom. The van der Waals surface area contributed by atoms with Gasteiger partial charge in [0, 0.05) is 45.6 Å². The molecule has 4 saturated heterocycles. The number of amides is 2. The normalized spacial score (nSPS) is 35.7. The van der Waals surface area contributed by atoms with Crippen LogP contribution in [0.2, 0.25) is 0 Å². The van der Waals surface area contributed by atoms with Gasteiger partial charge >= 0.3 is 5.97 Å². The third kappa shape index (κ3) is 9.46. The van der Waals surface area contributed by atoms with Crippen LogP contribution in [-0.2, 0) is 33.3 Å². The molecule has 1 spiro atoms. The third-order valence-electron chi connectivity index (χ3n) is 8.80. The lowest BCUT2D eigenvalue weighted by Gasteiger charge is -2.39. The van der Waals surface area contributed by atoms with Crippen LogP contribution in [0.3, 0.4) is 0 Å². The Morgan fingerprint density at radius 3 is 2.56 bits per heavy atom. The van der Waals surface area contributed by atoms with Crippen LogP contribution in [0.4, 0.5) is 0 Å². The van der Waals surface area contributed by atoms with Crippen molar-refractivity contribution in [3.8, 4) is 0 Å². The zero-order valence-electron chi connectivity index (χ0n) is 26.1. The van der Waals surface area contributed by atoms with E-state index in [9.17, 15) is 19.5 Å². The Bertz CT molecular complexity index is 1080. The number of carbonyl (C=O) groups is 3. The number of nitrogens with one attached hydrogen (secondary N) is 2. The molecule has 4 heterocycles. The van der Waals surface area contributed by atoms with Crippen LogP contribution < -0.4 is 10.6 Å². The van der Waals surface area contributed by atoms with Gasteiger partial charge in [0.15, 0.2) is 0 Å². The number of esters is 1. The number of allylic oxidation sites excluding steroid dienone is 2. The van der Waals surface area contributed by atoms with E-state index in [0.717, 1.165) is 25.1 Å². The molecule has 240 valence electrons. The fourth-order valence-electron chi connectivity index (χ4n) is 6.12. The Balaban J connectivity index is 1.26. The van der Waals surface area contributed by atoms with Crippen molar-refractivity contribution in [1.82, 2.24) is 15.5 Å². The number of carbonyl (C=O) groups excluding carboxylic acids is 3. The molecule has 4 rings (SSSR count). The summed E-state index contributed by atoms with van der Waals surface area (Å²) in [6.45, 7) is 12.6. The van der Waals surface area contributed by atoms with Gasteiger partial charge in [-0.3, -0.25) is 14.4 Å². The summed E-state index contributed by atoms with van der Waals surface area (Å²) in [5.74, 6) is -0.328. The van der Waals surface area contributed by atoms with Crippen molar-refractivity contribution in [3.63, 3.8) is 0 Å². The van der Waals surface area contributed by atoms with E-state index in [2.05, 4.69) is 23.6 Å². The predicted octanol–water partition coefficient (Wildman–Crippen LogP) is 1.79. The molecule has 1 unspecified atom stereocenters. The quantitative estimate of drug-likeness (QED) is 0.148. The minimum absolute atomic E-state index is 0.00562. The molecule has 0 aromatic carbocycles. The zero-order valence-corrected chi connectivity index (χ0v) is 26.1. The lowest BCUT2D eigenvalue weighted by molar-refractivity contribution is -0.151. The Hall–Kier alpha value is -2.57. The van der Waals surface area contributed by atoms with E-state index in [1.54, 1.807) is 13.0 Å². The van der Waals surface area contributed by atoms with Crippen LogP contribution in [0.15, 0.2) is 36.0 Å². The summed E-state index contributed by atoms with van der Waals surface area (Å²) in [6, 6.07) is -0.120. The maximum absolute atomic E-state index is 12.8. The minimum Gasteiger partial charge on any atom is -0.459 e. The highest BCUT2D eigenvalue weighted by Gasteiger charge is 2.58. The van der Waals surface area contributed by atoms with Gasteiger partial charge < -0.3 is 39.6 Å². The molecule has 4 aliphatic rings. The van der Waals surface area contributed by atoms with Gasteiger partial charge in [-0.25, -0.2) is 0 Å². The highest BCUT2D eigenvalue weighted by molar-refractivity contribution is 5.87. The number of hydrogen-bond acceptors (Lipinski definition) is 9. The van der Waals surface area contributed by atoms with Crippen LogP contribution in [-0.4, -0.2) is 109 Å². The topological polar surface area (TPSA) is 139 Å². The van der Waals surface area contributed by atoms with Gasteiger partial charge in [-0.2, -0.15) is 0 Å². The van der Waals surface area contributed by atoms with Gasteiger partial charge in [0.1, 0.15) is 23.9 Å². The van der Waals surface area contributed by atoms with E-state index < -0.39 is 29.9 Å². The number of epoxide rings is 1. The van der Waals surface area contributed by atoms with Crippen molar-refractivity contribution in [2.45, 2.75) is 109 Å². The standard InChI is InChI=1S/C32H49N3O8/c1-20(6-9-27-21(2)16-26(23(4)42-27)34-29(37)11-8-22(3)41-24(5)36)7-10-28-31(39)32(19-40-32)18-25(43-28)17-30(38)35-14-12-33-13-15-35/h6-8,10-11,21-23,25-28,31,33,39H,9,12-19H2,1-5H3,(H,34,37)/t21-,22?,23+,25+,26+,27-,28+,31+,32+/m0/s1. The summed E-state index contributed by atoms with van der Waals surface area (Å²) in [5, 5.41) is 17.2. The molecule has 2 amide bonds. The molecule has 0 radical (unpaired) electrons. The van der Waals surface area contributed by atoms with Crippen molar-refractivity contribution in [3.05, 3.63) is 36.0 Å². The number of ether oxygens (including phenoxy) is 4. The number of aliphatic hydroxyl groups excluding tert-OH is 1. The molecule has 4 aliphatic heterocycles. The third-order valence-corrected chi connectivity index (χ3v) is 8.80. The summed E-state index contributed by atoms with van der Waals surface area (Å²) >= 11 is 0. The number of hydrogen-bond donors (Lipinski definition) is 3. The smallest absolute Gasteiger partial charge is 0.303 e. The fraction of sp³-hybridized carbons (Fsp3) is 0.719. The molecule has 3 N–H and O–H groups in total. The Morgan fingerprint density at radius 1 is 1.16 bits per heavy atom. The Labute approximate surface area is 255 Å². The van der Waals surface area contributed by atoms with Crippen LogP contribution in [0.1, 0.15) is 60.3 Å². The maximum Gasteiger partial charge on any atom is 0.303 e. The van der Waals surface area contributed by atoms with Gasteiger partial charge in [0.25, 0.3) is 0 Å². The predicted molar refractivity (Wildman–Crippen MR) is 160 cm³/mol. The van der Waals surface area contributed by atoms with Crippen molar-refractivity contribution in [1.29, 1.82) is 0 Å². The van der Waals surface area contributed by atoms with Crippen LogP contribution >= 0.6 is 0 Å². The highest BCUT2D eigenvalue weighted by Crippen LogP contribution is 2.43. The number of rotatable bonds is 10. The largest absolute Gasteiger partial charge is 0.459 e. The molecular weight excluding hydrogens is 554 g/mol. The summed E-state index contributed by atoms with van der Waals surface area (Å²) < 4.78 is 23.2. The summed E-state index contributed by atoms with van der Waals surface area (Å²) in [4.78, 5) is 38.1. The minimum atomic E-state index is -0.781. The van der Waals surface area contributed by atoms with E-state index in [4.69, 9.17) is 18.9 Å². The molecule has 4 fully saturated rings. The van der Waals surface area contributed by atoms with Crippen molar-refractivity contribution >= 4 is 17.8 Å². The highest BCUT2D eigenvalue weighted by atomic mass is 16.6. The zero-order chi connectivity index (χ0) is 31.1. The van der Waals surface area contributed by atoms with Gasteiger partial charge in [0.05, 0.1) is 37.4 Å². The average molecular weight is 604 g/mol. The van der Waals surface area contributed by atoms with Crippen LogP contribution in [0, 0.1) is 5.92 Å². The van der Waals surface area contributed by atoms with Gasteiger partial charge in [-0.05, 0) is 45.6 Å². The molecular formula is C32H49N3O8. The summed E-state index contributed by atoms with van der Waals surface area (Å²) in [6.07, 6.45) is 8.94. The molecule has 0 saturated carbocycles. The number of nitrogens with zero attached hydrogens (tertiary/aromatic N) is 1. The second-order valence-corrected chi connectivity index (χ2v) is 12.5. The average Bonchev–Trinajstić information content (AvgIpc) is 3.74. The fourth-order valence-corrected chi connectivity index (χ4v) is 6.12. The van der Waals surface area contributed by atoms with E-state index in [-0.39, 0.29) is 48.5 Å². The van der Waals surface area contributed by atoms with Crippen molar-refractivity contribution in [2.24, 2.45) is 5.92 Å². The molecule has 43 heavy (non-hydrogen) atoms. The first kappa shape index (κ1) is 33.3. The maximum atomic E-state index is 12.8. The molecule has 0 bridgehead atoms. The van der Waals surface area contributed by atoms with Gasteiger partial charge in [-0.15, -0.1) is 0 Å². The Kier molecular flexibility index (Phi) is 11.6. The first-order valence-electron chi connectivity index (χ1n) is 15.6. The second kappa shape index (κ2) is 14.9. The lowest BCUT2D eigenvalue weighted by atomic mass is 9.87. The molecule has 0 aromatic rings. The first-order valence-corrected chi connectivity index (χ1v) is 15.6. The molecule has 11 heteroatoms. The first-order chi connectivity index (χ1) is 20.5. The van der Waals surface area contributed by atoms with Crippen LogP contribution in [0.5, 0.6) is 0 Å². The molecule has 0 aliphatic carbocycles. The second-order valence-electron chi connectivity index (χ2n) is 12.5.